The molecular weight excluding hydrogens is 338 g/mol. The van der Waals surface area contributed by atoms with Crippen molar-refractivity contribution in [3.8, 4) is 0 Å². The maximum absolute atomic E-state index is 12.7. The number of aliphatic imine (C=N–C) groups is 1. The summed E-state index contributed by atoms with van der Waals surface area (Å²) >= 11 is 5.19. The zero-order chi connectivity index (χ0) is 17.6. The highest BCUT2D eigenvalue weighted by atomic mass is 32.1. The van der Waals surface area contributed by atoms with E-state index in [9.17, 15) is 9.59 Å². The molecule has 2 saturated heterocycles. The van der Waals surface area contributed by atoms with E-state index >= 15 is 0 Å². The molecule has 2 amide bonds. The van der Waals surface area contributed by atoms with E-state index in [1.807, 2.05) is 0 Å². The van der Waals surface area contributed by atoms with Crippen molar-refractivity contribution in [2.45, 2.75) is 51.0 Å². The van der Waals surface area contributed by atoms with Gasteiger partial charge in [-0.3, -0.25) is 19.5 Å². The van der Waals surface area contributed by atoms with E-state index in [-0.39, 0.29) is 23.0 Å². The number of hydrogen-bond donors (Lipinski definition) is 1. The van der Waals surface area contributed by atoms with Gasteiger partial charge in [0.15, 0.2) is 11.0 Å². The lowest BCUT2D eigenvalue weighted by molar-refractivity contribution is -0.137. The minimum atomic E-state index is -0.895. The number of ether oxygens (including phenoxy) is 1. The third kappa shape index (κ3) is 4.73. The van der Waals surface area contributed by atoms with Crippen molar-refractivity contribution >= 4 is 35.4 Å². The number of rotatable bonds is 6. The summed E-state index contributed by atoms with van der Waals surface area (Å²) in [6, 6.07) is 0. The minimum absolute atomic E-state index is 0.105. The topological polar surface area (TPSA) is 71.0 Å². The molecule has 7 heteroatoms. The quantitative estimate of drug-likeness (QED) is 0.339. The van der Waals surface area contributed by atoms with Gasteiger partial charge in [-0.15, -0.1) is 0 Å². The Bertz CT molecular complexity index is 596. The van der Waals surface area contributed by atoms with Crippen LogP contribution in [0.1, 0.15) is 44.9 Å². The average Bonchev–Trinajstić information content (AvgIpc) is 3.12. The number of nitrogens with one attached hydrogen (secondary N) is 1. The molecule has 3 rings (SSSR count). The Kier molecular flexibility index (Phi) is 6.31. The number of hydrogen-bond acceptors (Lipinski definition) is 5. The second kappa shape index (κ2) is 8.67. The van der Waals surface area contributed by atoms with Crippen molar-refractivity contribution < 1.29 is 14.3 Å². The smallest absolute Gasteiger partial charge is 0.246 e. The molecule has 136 valence electrons. The summed E-state index contributed by atoms with van der Waals surface area (Å²) in [5, 5.41) is 2.84. The molecule has 2 heterocycles. The molecular formula is C18H25N3O3S. The van der Waals surface area contributed by atoms with Crippen molar-refractivity contribution in [1.29, 1.82) is 0 Å². The van der Waals surface area contributed by atoms with Gasteiger partial charge in [0.1, 0.15) is 0 Å². The summed E-state index contributed by atoms with van der Waals surface area (Å²) in [5.74, 6) is -1.56. The van der Waals surface area contributed by atoms with Crippen LogP contribution in [-0.4, -0.2) is 53.8 Å². The van der Waals surface area contributed by atoms with E-state index in [1.165, 1.54) is 29.5 Å². The third-order valence-electron chi connectivity index (χ3n) is 4.92. The fourth-order valence-electron chi connectivity index (χ4n) is 3.43. The molecule has 25 heavy (non-hydrogen) atoms. The van der Waals surface area contributed by atoms with Gasteiger partial charge in [0.05, 0.1) is 12.6 Å². The molecule has 0 spiro atoms. The van der Waals surface area contributed by atoms with Crippen molar-refractivity contribution in [2.24, 2.45) is 10.9 Å². The lowest BCUT2D eigenvalue weighted by atomic mass is 9.97. The van der Waals surface area contributed by atoms with Crippen LogP contribution in [0.4, 0.5) is 0 Å². The summed E-state index contributed by atoms with van der Waals surface area (Å²) in [6.07, 6.45) is 11.3. The van der Waals surface area contributed by atoms with Crippen LogP contribution in [0.25, 0.3) is 0 Å². The van der Waals surface area contributed by atoms with Gasteiger partial charge in [-0.1, -0.05) is 11.6 Å². The molecule has 0 unspecified atom stereocenters. The Hall–Kier alpha value is -1.60. The highest BCUT2D eigenvalue weighted by Crippen LogP contribution is 2.21. The van der Waals surface area contributed by atoms with Crippen LogP contribution in [0.5, 0.6) is 0 Å². The standard InChI is InChI=1S/C18H25N3O3S/c22-16-15(12-19-11-14-7-4-10-24-14)17(23)21(18(25)20-16)9-8-13-5-2-1-3-6-13/h5,12,14-15H,1-4,6-11H2,(H,20,22,25)/t14-,15+/m0/s1. The number of carbonyl (C=O) groups is 2. The monoisotopic (exact) mass is 363 g/mol. The number of thiocarbonyl (C=S) groups is 1. The summed E-state index contributed by atoms with van der Waals surface area (Å²) in [7, 11) is 0. The SMILES string of the molecule is O=C1NC(=S)N(CCC2=CCCCC2)C(=O)[C@@H]1C=NC[C@@H]1CCCO1. The Morgan fingerprint density at radius 1 is 1.36 bits per heavy atom. The minimum Gasteiger partial charge on any atom is -0.376 e. The predicted molar refractivity (Wildman–Crippen MR) is 99.4 cm³/mol. The van der Waals surface area contributed by atoms with E-state index in [0.717, 1.165) is 38.7 Å². The van der Waals surface area contributed by atoms with E-state index < -0.39 is 5.92 Å². The lowest BCUT2D eigenvalue weighted by Gasteiger charge is -2.31. The van der Waals surface area contributed by atoms with Crippen LogP contribution in [0.3, 0.4) is 0 Å². The van der Waals surface area contributed by atoms with Crippen molar-refractivity contribution in [3.63, 3.8) is 0 Å². The van der Waals surface area contributed by atoms with Gasteiger partial charge in [-0.2, -0.15) is 0 Å². The van der Waals surface area contributed by atoms with Crippen molar-refractivity contribution in [3.05, 3.63) is 11.6 Å². The average molecular weight is 363 g/mol. The Morgan fingerprint density at radius 2 is 2.24 bits per heavy atom. The fraction of sp³-hybridized carbons (Fsp3) is 0.667. The maximum atomic E-state index is 12.7. The zero-order valence-electron chi connectivity index (χ0n) is 14.4. The Labute approximate surface area is 153 Å². The fourth-order valence-corrected chi connectivity index (χ4v) is 3.72. The first-order chi connectivity index (χ1) is 12.1. The summed E-state index contributed by atoms with van der Waals surface area (Å²) in [6.45, 7) is 1.77. The van der Waals surface area contributed by atoms with E-state index in [0.29, 0.717) is 13.1 Å². The Balaban J connectivity index is 1.57. The molecule has 3 aliphatic rings. The first-order valence-electron chi connectivity index (χ1n) is 9.11. The van der Waals surface area contributed by atoms with Crippen LogP contribution in [0, 0.1) is 5.92 Å². The highest BCUT2D eigenvalue weighted by molar-refractivity contribution is 7.80. The first kappa shape index (κ1) is 18.2. The molecule has 0 aromatic heterocycles. The van der Waals surface area contributed by atoms with Crippen LogP contribution in [-0.2, 0) is 14.3 Å². The number of carbonyl (C=O) groups excluding carboxylic acids is 2. The van der Waals surface area contributed by atoms with Gasteiger partial charge >= 0.3 is 0 Å². The maximum Gasteiger partial charge on any atom is 0.246 e. The van der Waals surface area contributed by atoms with Gasteiger partial charge in [0, 0.05) is 19.4 Å². The number of nitrogens with zero attached hydrogens (tertiary/aromatic N) is 2. The van der Waals surface area contributed by atoms with Crippen LogP contribution in [0.15, 0.2) is 16.6 Å². The van der Waals surface area contributed by atoms with Gasteiger partial charge in [0.25, 0.3) is 0 Å². The molecule has 0 radical (unpaired) electrons. The van der Waals surface area contributed by atoms with Crippen molar-refractivity contribution in [1.82, 2.24) is 10.2 Å². The van der Waals surface area contributed by atoms with Crippen LogP contribution < -0.4 is 5.32 Å². The molecule has 1 aliphatic carbocycles. The number of amides is 2. The van der Waals surface area contributed by atoms with E-state index in [4.69, 9.17) is 17.0 Å². The normalized spacial score (nSPS) is 27.8. The van der Waals surface area contributed by atoms with Crippen LogP contribution >= 0.6 is 12.2 Å². The van der Waals surface area contributed by atoms with E-state index in [2.05, 4.69) is 16.4 Å². The second-order valence-corrected chi connectivity index (χ2v) is 7.16. The second-order valence-electron chi connectivity index (χ2n) is 6.77. The molecule has 0 bridgehead atoms. The molecule has 2 fully saturated rings. The summed E-state index contributed by atoms with van der Waals surface area (Å²) in [5.41, 5.74) is 1.38. The third-order valence-corrected chi connectivity index (χ3v) is 5.24. The molecule has 0 saturated carbocycles. The molecule has 6 nitrogen and oxygen atoms in total. The Morgan fingerprint density at radius 3 is 2.96 bits per heavy atom. The molecule has 2 aliphatic heterocycles. The largest absolute Gasteiger partial charge is 0.376 e. The molecule has 0 aromatic carbocycles. The van der Waals surface area contributed by atoms with Gasteiger partial charge in [0.2, 0.25) is 11.8 Å². The lowest BCUT2D eigenvalue weighted by Crippen LogP contribution is -2.58. The first-order valence-corrected chi connectivity index (χ1v) is 9.51. The van der Waals surface area contributed by atoms with Gasteiger partial charge in [-0.25, -0.2) is 0 Å². The molecule has 1 N–H and O–H groups in total. The van der Waals surface area contributed by atoms with Gasteiger partial charge in [-0.05, 0) is 57.2 Å². The predicted octanol–water partition coefficient (Wildman–Crippen LogP) is 1.99. The summed E-state index contributed by atoms with van der Waals surface area (Å²) in [4.78, 5) is 30.6. The molecule has 0 aromatic rings. The van der Waals surface area contributed by atoms with Crippen molar-refractivity contribution in [2.75, 3.05) is 19.7 Å². The zero-order valence-corrected chi connectivity index (χ0v) is 15.2. The highest BCUT2D eigenvalue weighted by Gasteiger charge is 2.37. The van der Waals surface area contributed by atoms with E-state index in [1.54, 1.807) is 0 Å². The molecule has 2 atom stereocenters. The number of allylic oxidation sites excluding steroid dienone is 1. The van der Waals surface area contributed by atoms with Crippen LogP contribution in [0.2, 0.25) is 0 Å². The summed E-state index contributed by atoms with van der Waals surface area (Å²) < 4.78 is 5.50. The van der Waals surface area contributed by atoms with Gasteiger partial charge < -0.3 is 10.1 Å².